The molecule has 0 bridgehead atoms. The summed E-state index contributed by atoms with van der Waals surface area (Å²) in [5.41, 5.74) is 0.885. The van der Waals surface area contributed by atoms with Crippen LogP contribution in [0.4, 0.5) is 9.18 Å². The van der Waals surface area contributed by atoms with E-state index in [1.165, 1.54) is 12.1 Å². The Morgan fingerprint density at radius 3 is 2.45 bits per heavy atom. The van der Waals surface area contributed by atoms with Crippen LogP contribution >= 0.6 is 0 Å². The van der Waals surface area contributed by atoms with Gasteiger partial charge in [-0.15, -0.1) is 0 Å². The van der Waals surface area contributed by atoms with Crippen molar-refractivity contribution in [1.29, 1.82) is 0 Å². The predicted molar refractivity (Wildman–Crippen MR) is 114 cm³/mol. The number of nitrogens with zero attached hydrogens (tertiary/aromatic N) is 3. The number of furan rings is 1. The van der Waals surface area contributed by atoms with Gasteiger partial charge in [0.05, 0.1) is 13.2 Å². The molecule has 2 heterocycles. The molecular formula is C23H30FN3O4. The fraction of sp³-hybridized carbons (Fsp3) is 0.478. The third-order valence-electron chi connectivity index (χ3n) is 5.33. The maximum Gasteiger partial charge on any atom is 0.409 e. The Morgan fingerprint density at radius 2 is 1.81 bits per heavy atom. The Hall–Kier alpha value is -2.87. The fourth-order valence-electron chi connectivity index (χ4n) is 3.53. The minimum Gasteiger partial charge on any atom is -0.455 e. The zero-order valence-corrected chi connectivity index (χ0v) is 18.3. The summed E-state index contributed by atoms with van der Waals surface area (Å²) in [5, 5.41) is 0. The molecule has 168 valence electrons. The third-order valence-corrected chi connectivity index (χ3v) is 5.33. The number of carbonyl (C=O) groups is 2. The second-order valence-electron chi connectivity index (χ2n) is 7.87. The van der Waals surface area contributed by atoms with Crippen LogP contribution in [0.15, 0.2) is 40.8 Å². The maximum absolute atomic E-state index is 13.5. The van der Waals surface area contributed by atoms with Crippen molar-refractivity contribution in [2.75, 3.05) is 32.8 Å². The van der Waals surface area contributed by atoms with Gasteiger partial charge >= 0.3 is 6.09 Å². The Balaban J connectivity index is 1.58. The Morgan fingerprint density at radius 1 is 1.10 bits per heavy atom. The predicted octanol–water partition coefficient (Wildman–Crippen LogP) is 3.74. The summed E-state index contributed by atoms with van der Waals surface area (Å²) in [4.78, 5) is 30.1. The van der Waals surface area contributed by atoms with Crippen LogP contribution in [0.25, 0.3) is 0 Å². The number of piperazine rings is 1. The number of carbonyl (C=O) groups excluding carboxylic acids is 2. The average Bonchev–Trinajstić information content (AvgIpc) is 3.21. The van der Waals surface area contributed by atoms with Crippen LogP contribution in [0.5, 0.6) is 0 Å². The van der Waals surface area contributed by atoms with Gasteiger partial charge in [0.1, 0.15) is 11.6 Å². The SMILES string of the molecule is CCOC(=O)N1CCN(C(=O)c2ccc(CN(Cc3cccc(F)c3)C(C)C)o2)CC1. The molecule has 1 saturated heterocycles. The van der Waals surface area contributed by atoms with E-state index >= 15 is 0 Å². The van der Waals surface area contributed by atoms with Gasteiger partial charge in [-0.1, -0.05) is 12.1 Å². The van der Waals surface area contributed by atoms with Crippen LogP contribution in [-0.2, 0) is 17.8 Å². The molecule has 1 aliphatic heterocycles. The second kappa shape index (κ2) is 10.4. The smallest absolute Gasteiger partial charge is 0.409 e. The molecule has 1 aliphatic rings. The molecule has 0 N–H and O–H groups in total. The van der Waals surface area contributed by atoms with E-state index in [1.54, 1.807) is 28.9 Å². The zero-order chi connectivity index (χ0) is 22.4. The van der Waals surface area contributed by atoms with E-state index in [0.29, 0.717) is 51.6 Å². The minimum absolute atomic E-state index is 0.184. The maximum atomic E-state index is 13.5. The summed E-state index contributed by atoms with van der Waals surface area (Å²) < 4.78 is 24.4. The lowest BCUT2D eigenvalue weighted by Gasteiger charge is -2.33. The molecule has 0 atom stereocenters. The number of hydrogen-bond acceptors (Lipinski definition) is 5. The van der Waals surface area contributed by atoms with Crippen molar-refractivity contribution in [2.24, 2.45) is 0 Å². The molecule has 2 aromatic rings. The van der Waals surface area contributed by atoms with Gasteiger partial charge in [0.2, 0.25) is 0 Å². The van der Waals surface area contributed by atoms with Crippen LogP contribution in [0.1, 0.15) is 42.6 Å². The van der Waals surface area contributed by atoms with Gasteiger partial charge in [-0.2, -0.15) is 0 Å². The fourth-order valence-corrected chi connectivity index (χ4v) is 3.53. The van der Waals surface area contributed by atoms with Crippen molar-refractivity contribution < 1.29 is 23.1 Å². The summed E-state index contributed by atoms with van der Waals surface area (Å²) in [5.74, 6) is 0.527. The van der Waals surface area contributed by atoms with E-state index in [2.05, 4.69) is 18.7 Å². The largest absolute Gasteiger partial charge is 0.455 e. The Kier molecular flexibility index (Phi) is 7.68. The topological polar surface area (TPSA) is 66.2 Å². The quantitative estimate of drug-likeness (QED) is 0.668. The van der Waals surface area contributed by atoms with Crippen LogP contribution in [0.3, 0.4) is 0 Å². The van der Waals surface area contributed by atoms with Gasteiger partial charge in [0.25, 0.3) is 5.91 Å². The van der Waals surface area contributed by atoms with Crippen molar-refractivity contribution in [1.82, 2.24) is 14.7 Å². The van der Waals surface area contributed by atoms with Gasteiger partial charge in [0, 0.05) is 38.8 Å². The number of halogens is 1. The van der Waals surface area contributed by atoms with E-state index in [-0.39, 0.29) is 29.6 Å². The summed E-state index contributed by atoms with van der Waals surface area (Å²) >= 11 is 0. The van der Waals surface area contributed by atoms with Gasteiger partial charge in [-0.05, 0) is 50.6 Å². The molecule has 0 unspecified atom stereocenters. The minimum atomic E-state index is -0.345. The number of amides is 2. The molecule has 3 rings (SSSR count). The molecule has 1 fully saturated rings. The Bertz CT molecular complexity index is 890. The first-order valence-electron chi connectivity index (χ1n) is 10.7. The molecule has 8 heteroatoms. The number of benzene rings is 1. The molecule has 1 aromatic carbocycles. The lowest BCUT2D eigenvalue weighted by atomic mass is 10.2. The van der Waals surface area contributed by atoms with Crippen LogP contribution in [0.2, 0.25) is 0 Å². The monoisotopic (exact) mass is 431 g/mol. The first-order valence-corrected chi connectivity index (χ1v) is 10.7. The number of rotatable bonds is 7. The van der Waals surface area contributed by atoms with Crippen LogP contribution < -0.4 is 0 Å². The lowest BCUT2D eigenvalue weighted by Crippen LogP contribution is -2.50. The molecule has 1 aromatic heterocycles. The van der Waals surface area contributed by atoms with E-state index < -0.39 is 0 Å². The third kappa shape index (κ3) is 6.07. The van der Waals surface area contributed by atoms with Crippen molar-refractivity contribution in [3.8, 4) is 0 Å². The van der Waals surface area contributed by atoms with Gasteiger partial charge < -0.3 is 19.0 Å². The van der Waals surface area contributed by atoms with Crippen molar-refractivity contribution in [3.05, 3.63) is 59.3 Å². The normalized spacial score (nSPS) is 14.4. The molecular weight excluding hydrogens is 401 g/mol. The molecule has 0 aliphatic carbocycles. The number of hydrogen-bond donors (Lipinski definition) is 0. The van der Waals surface area contributed by atoms with E-state index in [9.17, 15) is 14.0 Å². The van der Waals surface area contributed by atoms with Crippen molar-refractivity contribution in [3.63, 3.8) is 0 Å². The molecule has 0 radical (unpaired) electrons. The average molecular weight is 432 g/mol. The van der Waals surface area contributed by atoms with Gasteiger partial charge in [-0.3, -0.25) is 9.69 Å². The summed E-state index contributed by atoms with van der Waals surface area (Å²) in [6, 6.07) is 10.3. The van der Waals surface area contributed by atoms with Crippen LogP contribution in [0, 0.1) is 5.82 Å². The lowest BCUT2D eigenvalue weighted by molar-refractivity contribution is 0.0543. The van der Waals surface area contributed by atoms with E-state index in [1.807, 2.05) is 12.1 Å². The highest BCUT2D eigenvalue weighted by Gasteiger charge is 2.27. The van der Waals surface area contributed by atoms with E-state index in [0.717, 1.165) is 5.56 Å². The summed E-state index contributed by atoms with van der Waals surface area (Å²) in [6.07, 6.45) is -0.345. The van der Waals surface area contributed by atoms with Crippen molar-refractivity contribution in [2.45, 2.75) is 39.9 Å². The molecule has 0 saturated carbocycles. The Labute approximate surface area is 182 Å². The zero-order valence-electron chi connectivity index (χ0n) is 18.3. The van der Waals surface area contributed by atoms with Gasteiger partial charge in [0.15, 0.2) is 5.76 Å². The highest BCUT2D eigenvalue weighted by Crippen LogP contribution is 2.18. The molecule has 31 heavy (non-hydrogen) atoms. The standard InChI is InChI=1S/C23H30FN3O4/c1-4-30-23(29)26-12-10-25(11-13-26)22(28)21-9-8-20(31-21)16-27(17(2)3)15-18-6-5-7-19(24)14-18/h5-9,14,17H,4,10-13,15-16H2,1-3H3. The first kappa shape index (κ1) is 22.8. The van der Waals surface area contributed by atoms with Crippen molar-refractivity contribution >= 4 is 12.0 Å². The van der Waals surface area contributed by atoms with Crippen LogP contribution in [-0.4, -0.2) is 65.5 Å². The highest BCUT2D eigenvalue weighted by atomic mass is 19.1. The first-order chi connectivity index (χ1) is 14.9. The highest BCUT2D eigenvalue weighted by molar-refractivity contribution is 5.91. The molecule has 0 spiro atoms. The summed E-state index contributed by atoms with van der Waals surface area (Å²) in [7, 11) is 0. The summed E-state index contributed by atoms with van der Waals surface area (Å²) in [6.45, 7) is 9.07. The second-order valence-corrected chi connectivity index (χ2v) is 7.87. The molecule has 2 amide bonds. The molecule has 7 nitrogen and oxygen atoms in total. The van der Waals surface area contributed by atoms with Gasteiger partial charge in [-0.25, -0.2) is 9.18 Å². The number of ether oxygens (including phenoxy) is 1. The van der Waals surface area contributed by atoms with E-state index in [4.69, 9.17) is 9.15 Å².